The number of rotatable bonds is 8. The van der Waals surface area contributed by atoms with Gasteiger partial charge >= 0.3 is 0 Å². The van der Waals surface area contributed by atoms with E-state index in [2.05, 4.69) is 20.8 Å². The first-order valence-corrected chi connectivity index (χ1v) is 9.86. The molecule has 0 spiro atoms. The topological polar surface area (TPSA) is 110 Å². The fraction of sp³-hybridized carbons (Fsp3) is 0.130. The number of hydrogen-bond donors (Lipinski definition) is 2. The smallest absolute Gasteiger partial charge is 0.291 e. The van der Waals surface area contributed by atoms with Gasteiger partial charge in [0, 0.05) is 30.6 Å². The number of aryl methyl sites for hydroxylation is 1. The van der Waals surface area contributed by atoms with E-state index in [1.54, 1.807) is 36.4 Å². The highest BCUT2D eigenvalue weighted by Crippen LogP contribution is 2.17. The minimum absolute atomic E-state index is 0.165. The number of hydrogen-bond acceptors (Lipinski definition) is 6. The van der Waals surface area contributed by atoms with Crippen LogP contribution in [0.2, 0.25) is 0 Å². The van der Waals surface area contributed by atoms with Crippen LogP contribution in [0.15, 0.2) is 75.9 Å². The molecule has 2 aromatic heterocycles. The third kappa shape index (κ3) is 5.45. The number of nitrogens with zero attached hydrogens (tertiary/aromatic N) is 2. The Balaban J connectivity index is 1.22. The molecule has 162 valence electrons. The number of amides is 2. The van der Waals surface area contributed by atoms with Crippen LogP contribution in [0.25, 0.3) is 11.4 Å². The number of anilines is 1. The van der Waals surface area contributed by atoms with Crippen LogP contribution in [0.1, 0.15) is 28.4 Å². The van der Waals surface area contributed by atoms with Crippen molar-refractivity contribution < 1.29 is 22.9 Å². The normalized spacial score (nSPS) is 10.7. The van der Waals surface area contributed by atoms with Crippen LogP contribution in [-0.2, 0) is 17.8 Å². The average molecular weight is 434 g/mol. The lowest BCUT2D eigenvalue weighted by atomic mass is 10.2. The minimum Gasteiger partial charge on any atom is -0.459 e. The van der Waals surface area contributed by atoms with Gasteiger partial charge in [0.1, 0.15) is 5.82 Å². The van der Waals surface area contributed by atoms with E-state index < -0.39 is 0 Å². The second-order valence-electron chi connectivity index (χ2n) is 6.92. The van der Waals surface area contributed by atoms with E-state index in [1.807, 2.05) is 12.1 Å². The lowest BCUT2D eigenvalue weighted by Gasteiger charge is -2.07. The summed E-state index contributed by atoms with van der Waals surface area (Å²) in [6.45, 7) is 0.343. The molecule has 0 atom stereocenters. The Bertz CT molecular complexity index is 1190. The Hall–Kier alpha value is -4.27. The van der Waals surface area contributed by atoms with E-state index in [0.717, 1.165) is 5.56 Å². The molecule has 9 heteroatoms. The van der Waals surface area contributed by atoms with Crippen LogP contribution in [0, 0.1) is 5.82 Å². The summed E-state index contributed by atoms with van der Waals surface area (Å²) >= 11 is 0. The molecule has 2 heterocycles. The van der Waals surface area contributed by atoms with Crippen LogP contribution in [-0.4, -0.2) is 22.0 Å². The monoisotopic (exact) mass is 434 g/mol. The van der Waals surface area contributed by atoms with Crippen LogP contribution >= 0.6 is 0 Å². The summed E-state index contributed by atoms with van der Waals surface area (Å²) in [5.74, 6) is 0.0620. The summed E-state index contributed by atoms with van der Waals surface area (Å²) in [6.07, 6.45) is 1.91. The van der Waals surface area contributed by atoms with Crippen molar-refractivity contribution in [3.05, 3.63) is 90.0 Å². The fourth-order valence-electron chi connectivity index (χ4n) is 2.89. The van der Waals surface area contributed by atoms with E-state index >= 15 is 0 Å². The van der Waals surface area contributed by atoms with Crippen LogP contribution in [0.3, 0.4) is 0 Å². The summed E-state index contributed by atoms with van der Waals surface area (Å²) in [5.41, 5.74) is 2.13. The largest absolute Gasteiger partial charge is 0.459 e. The standard InChI is InChI=1S/C23H19FN4O4/c24-17-7-5-16(6-8-17)22-27-21(32-28-22)12-11-20(29)25-14-15-3-9-18(10-4-15)26-23(30)19-2-1-13-31-19/h1-10,13H,11-12,14H2,(H,25,29)(H,26,30). The summed E-state index contributed by atoms with van der Waals surface area (Å²) < 4.78 is 23.2. The van der Waals surface area contributed by atoms with Crippen molar-refractivity contribution in [1.82, 2.24) is 15.5 Å². The van der Waals surface area contributed by atoms with E-state index in [9.17, 15) is 14.0 Å². The molecule has 0 fully saturated rings. The molecule has 32 heavy (non-hydrogen) atoms. The highest BCUT2D eigenvalue weighted by molar-refractivity contribution is 6.02. The van der Waals surface area contributed by atoms with Gasteiger partial charge in [-0.2, -0.15) is 4.98 Å². The Labute approximate surface area is 182 Å². The van der Waals surface area contributed by atoms with E-state index in [-0.39, 0.29) is 36.2 Å². The van der Waals surface area contributed by atoms with E-state index in [0.29, 0.717) is 29.5 Å². The zero-order valence-electron chi connectivity index (χ0n) is 16.9. The molecule has 0 unspecified atom stereocenters. The number of furan rings is 1. The highest BCUT2D eigenvalue weighted by Gasteiger charge is 2.11. The van der Waals surface area contributed by atoms with Crippen molar-refractivity contribution in [1.29, 1.82) is 0 Å². The maximum absolute atomic E-state index is 13.0. The molecule has 4 rings (SSSR count). The number of carbonyl (C=O) groups is 2. The van der Waals surface area contributed by atoms with Gasteiger partial charge in [-0.3, -0.25) is 9.59 Å². The van der Waals surface area contributed by atoms with Crippen molar-refractivity contribution >= 4 is 17.5 Å². The Kier molecular flexibility index (Phi) is 6.35. The Morgan fingerprint density at radius 1 is 1.00 bits per heavy atom. The second-order valence-corrected chi connectivity index (χ2v) is 6.92. The number of nitrogens with one attached hydrogen (secondary N) is 2. The number of halogens is 1. The molecule has 8 nitrogen and oxygen atoms in total. The molecule has 0 saturated heterocycles. The lowest BCUT2D eigenvalue weighted by Crippen LogP contribution is -2.23. The third-order valence-electron chi connectivity index (χ3n) is 4.58. The first-order valence-electron chi connectivity index (χ1n) is 9.86. The highest BCUT2D eigenvalue weighted by atomic mass is 19.1. The third-order valence-corrected chi connectivity index (χ3v) is 4.58. The van der Waals surface area contributed by atoms with Gasteiger partial charge in [-0.1, -0.05) is 17.3 Å². The van der Waals surface area contributed by atoms with E-state index in [4.69, 9.17) is 8.94 Å². The predicted octanol–water partition coefficient (Wildman–Crippen LogP) is 3.97. The Morgan fingerprint density at radius 2 is 1.78 bits per heavy atom. The molecule has 2 amide bonds. The van der Waals surface area contributed by atoms with Crippen molar-refractivity contribution in [3.8, 4) is 11.4 Å². The number of carbonyl (C=O) groups excluding carboxylic acids is 2. The van der Waals surface area contributed by atoms with Crippen LogP contribution in [0.5, 0.6) is 0 Å². The SMILES string of the molecule is O=C(CCc1nc(-c2ccc(F)cc2)no1)NCc1ccc(NC(=O)c2ccco2)cc1. The summed E-state index contributed by atoms with van der Waals surface area (Å²) in [4.78, 5) is 28.3. The van der Waals surface area contributed by atoms with Crippen LogP contribution in [0.4, 0.5) is 10.1 Å². The maximum Gasteiger partial charge on any atom is 0.291 e. The molecule has 2 N–H and O–H groups in total. The molecule has 0 aliphatic carbocycles. The van der Waals surface area contributed by atoms with Crippen molar-refractivity contribution in [3.63, 3.8) is 0 Å². The van der Waals surface area contributed by atoms with Gasteiger partial charge in [0.05, 0.1) is 6.26 Å². The van der Waals surface area contributed by atoms with Crippen molar-refractivity contribution in [2.45, 2.75) is 19.4 Å². The molecular weight excluding hydrogens is 415 g/mol. The zero-order valence-corrected chi connectivity index (χ0v) is 16.9. The number of aromatic nitrogens is 2. The lowest BCUT2D eigenvalue weighted by molar-refractivity contribution is -0.121. The molecule has 0 bridgehead atoms. The second kappa shape index (κ2) is 9.69. The first-order chi connectivity index (χ1) is 15.6. The summed E-state index contributed by atoms with van der Waals surface area (Å²) in [6, 6.07) is 16.1. The van der Waals surface area contributed by atoms with Gasteiger partial charge < -0.3 is 19.6 Å². The molecule has 0 saturated carbocycles. The van der Waals surface area contributed by atoms with Crippen LogP contribution < -0.4 is 10.6 Å². The summed E-state index contributed by atoms with van der Waals surface area (Å²) in [5, 5.41) is 9.41. The van der Waals surface area contributed by atoms with Gasteiger partial charge in [0.2, 0.25) is 17.6 Å². The van der Waals surface area contributed by atoms with Gasteiger partial charge in [-0.15, -0.1) is 0 Å². The minimum atomic E-state index is -0.345. The molecule has 0 aliphatic heterocycles. The van der Waals surface area contributed by atoms with Crippen molar-refractivity contribution in [2.75, 3.05) is 5.32 Å². The quantitative estimate of drug-likeness (QED) is 0.434. The molecule has 0 radical (unpaired) electrons. The van der Waals surface area contributed by atoms with Gasteiger partial charge in [-0.25, -0.2) is 4.39 Å². The first kappa shape index (κ1) is 21.0. The number of benzene rings is 2. The van der Waals surface area contributed by atoms with Gasteiger partial charge in [0.15, 0.2) is 5.76 Å². The molecule has 0 aliphatic rings. The van der Waals surface area contributed by atoms with Crippen molar-refractivity contribution in [2.24, 2.45) is 0 Å². The van der Waals surface area contributed by atoms with Gasteiger partial charge in [0.25, 0.3) is 5.91 Å². The molecular formula is C23H19FN4O4. The maximum atomic E-state index is 13.0. The Morgan fingerprint density at radius 3 is 2.50 bits per heavy atom. The average Bonchev–Trinajstić information content (AvgIpc) is 3.50. The molecule has 2 aromatic carbocycles. The van der Waals surface area contributed by atoms with E-state index in [1.165, 1.54) is 18.4 Å². The summed E-state index contributed by atoms with van der Waals surface area (Å²) in [7, 11) is 0. The predicted molar refractivity (Wildman–Crippen MR) is 113 cm³/mol. The van der Waals surface area contributed by atoms with Gasteiger partial charge in [-0.05, 0) is 54.1 Å². The fourth-order valence-corrected chi connectivity index (χ4v) is 2.89. The molecule has 4 aromatic rings. The zero-order chi connectivity index (χ0) is 22.3.